The molecule has 0 radical (unpaired) electrons. The predicted octanol–water partition coefficient (Wildman–Crippen LogP) is 8.09. The van der Waals surface area contributed by atoms with E-state index in [9.17, 15) is 0 Å². The van der Waals surface area contributed by atoms with Crippen LogP contribution in [0.1, 0.15) is 42.6 Å². The van der Waals surface area contributed by atoms with E-state index in [1.807, 2.05) is 24.3 Å². The second-order valence-corrected chi connectivity index (χ2v) is 8.47. The number of hydrogen-bond donors (Lipinski definition) is 0. The largest absolute Gasteiger partial charge is 0.489 e. The van der Waals surface area contributed by atoms with Gasteiger partial charge in [-0.1, -0.05) is 78.9 Å². The highest BCUT2D eigenvalue weighted by molar-refractivity contribution is 6.08. The lowest BCUT2D eigenvalue weighted by Gasteiger charge is -2.18. The molecule has 0 bridgehead atoms. The lowest BCUT2D eigenvalue weighted by atomic mass is 9.86. The molecule has 6 rings (SSSR count). The summed E-state index contributed by atoms with van der Waals surface area (Å²) in [6.45, 7) is 2.08. The number of aryl methyl sites for hydroxylation is 2. The summed E-state index contributed by atoms with van der Waals surface area (Å²) in [6.07, 6.45) is 11.2. The second-order valence-electron chi connectivity index (χ2n) is 8.47. The third kappa shape index (κ3) is 4.14. The average molecular weight is 405 g/mol. The van der Waals surface area contributed by atoms with E-state index in [0.29, 0.717) is 0 Å². The van der Waals surface area contributed by atoms with Gasteiger partial charge in [0, 0.05) is 0 Å². The van der Waals surface area contributed by atoms with E-state index in [0.717, 1.165) is 0 Å². The van der Waals surface area contributed by atoms with Crippen LogP contribution in [0.5, 0.6) is 0 Å². The van der Waals surface area contributed by atoms with Crippen LogP contribution >= 0.6 is 0 Å². The number of fused-ring (bicyclic) bond motifs is 5. The van der Waals surface area contributed by atoms with E-state index in [4.69, 9.17) is 4.74 Å². The fourth-order valence-corrected chi connectivity index (χ4v) is 4.72. The molecule has 1 aliphatic carbocycles. The zero-order valence-electron chi connectivity index (χ0n) is 18.1. The fourth-order valence-electron chi connectivity index (χ4n) is 4.72. The van der Waals surface area contributed by atoms with Gasteiger partial charge in [0.15, 0.2) is 0 Å². The third-order valence-electron chi connectivity index (χ3n) is 6.36. The van der Waals surface area contributed by atoms with Crippen molar-refractivity contribution in [3.05, 3.63) is 120 Å². The molecule has 1 unspecified atom stereocenters. The molecule has 0 amide bonds. The molecule has 154 valence electrons. The standard InChI is InChI=1S/C18H16.C12H12O/c1-3-7-15-13(5-1)9-11-18-16-8-4-2-6-14(16)10-12-17(15)18;1-10-7-8-13-12(9-10)11-5-3-2-4-6-11/h1,3,5,7,9-12H,2,4,6,8H2;2-9,12H,1H3. The maximum Gasteiger partial charge on any atom is 0.142 e. The summed E-state index contributed by atoms with van der Waals surface area (Å²) < 4.78 is 5.48. The zero-order valence-corrected chi connectivity index (χ0v) is 18.1. The van der Waals surface area contributed by atoms with Crippen LogP contribution in [0.25, 0.3) is 21.5 Å². The highest BCUT2D eigenvalue weighted by atomic mass is 16.5. The van der Waals surface area contributed by atoms with Crippen molar-refractivity contribution in [2.45, 2.75) is 38.7 Å². The van der Waals surface area contributed by atoms with Gasteiger partial charge in [0.1, 0.15) is 6.10 Å². The molecule has 0 N–H and O–H groups in total. The minimum absolute atomic E-state index is 0.0891. The summed E-state index contributed by atoms with van der Waals surface area (Å²) in [5.74, 6) is 0. The monoisotopic (exact) mass is 404 g/mol. The number of allylic oxidation sites excluding steroid dienone is 2. The first-order valence-electron chi connectivity index (χ1n) is 11.3. The van der Waals surface area contributed by atoms with Crippen LogP contribution in [0.2, 0.25) is 0 Å². The lowest BCUT2D eigenvalue weighted by Crippen LogP contribution is -2.02. The molecule has 4 aromatic carbocycles. The Morgan fingerprint density at radius 2 is 1.48 bits per heavy atom. The van der Waals surface area contributed by atoms with Gasteiger partial charge in [0.25, 0.3) is 0 Å². The van der Waals surface area contributed by atoms with Crippen molar-refractivity contribution in [2.24, 2.45) is 0 Å². The third-order valence-corrected chi connectivity index (χ3v) is 6.36. The normalized spacial score (nSPS) is 17.3. The highest BCUT2D eigenvalue weighted by Crippen LogP contribution is 2.33. The average Bonchev–Trinajstić information content (AvgIpc) is 2.84. The molecule has 0 aromatic heterocycles. The summed E-state index contributed by atoms with van der Waals surface area (Å²) in [4.78, 5) is 0. The minimum Gasteiger partial charge on any atom is -0.489 e. The van der Waals surface area contributed by atoms with Crippen molar-refractivity contribution in [3.8, 4) is 0 Å². The lowest BCUT2D eigenvalue weighted by molar-refractivity contribution is 0.185. The van der Waals surface area contributed by atoms with Crippen LogP contribution in [0.3, 0.4) is 0 Å². The Balaban J connectivity index is 0.000000140. The molecule has 0 fully saturated rings. The number of rotatable bonds is 1. The van der Waals surface area contributed by atoms with Crippen LogP contribution in [0, 0.1) is 0 Å². The smallest absolute Gasteiger partial charge is 0.142 e. The van der Waals surface area contributed by atoms with Crippen LogP contribution in [0.15, 0.2) is 103 Å². The van der Waals surface area contributed by atoms with E-state index in [1.54, 1.807) is 17.4 Å². The molecular weight excluding hydrogens is 376 g/mol. The Bertz CT molecular complexity index is 1260. The predicted molar refractivity (Wildman–Crippen MR) is 131 cm³/mol. The van der Waals surface area contributed by atoms with Crippen molar-refractivity contribution < 1.29 is 4.74 Å². The Morgan fingerprint density at radius 1 is 0.710 bits per heavy atom. The van der Waals surface area contributed by atoms with Crippen molar-refractivity contribution in [1.29, 1.82) is 0 Å². The van der Waals surface area contributed by atoms with Crippen LogP contribution in [0.4, 0.5) is 0 Å². The summed E-state index contributed by atoms with van der Waals surface area (Å²) in [6, 6.07) is 28.2. The summed E-state index contributed by atoms with van der Waals surface area (Å²) in [7, 11) is 0. The molecule has 1 heteroatoms. The van der Waals surface area contributed by atoms with E-state index in [2.05, 4.69) is 73.7 Å². The van der Waals surface area contributed by atoms with Gasteiger partial charge in [-0.15, -0.1) is 0 Å². The van der Waals surface area contributed by atoms with Gasteiger partial charge in [-0.3, -0.25) is 0 Å². The molecule has 0 saturated heterocycles. The summed E-state index contributed by atoms with van der Waals surface area (Å²) in [5, 5.41) is 5.64. The molecule has 1 nitrogen and oxygen atoms in total. The van der Waals surface area contributed by atoms with Gasteiger partial charge in [0.2, 0.25) is 0 Å². The zero-order chi connectivity index (χ0) is 21.0. The quantitative estimate of drug-likeness (QED) is 0.291. The van der Waals surface area contributed by atoms with Crippen molar-refractivity contribution in [1.82, 2.24) is 0 Å². The molecule has 2 aliphatic rings. The molecule has 0 saturated carbocycles. The topological polar surface area (TPSA) is 9.23 Å². The number of ether oxygens (including phenoxy) is 1. The Labute approximate surface area is 184 Å². The SMILES string of the molecule is CC1=CC(c2ccccc2)OC=C1.c1ccc2c(c1)ccc1c3c(ccc12)CCCC3. The molecule has 1 atom stereocenters. The Hall–Kier alpha value is -3.32. The molecule has 0 spiro atoms. The van der Waals surface area contributed by atoms with Gasteiger partial charge < -0.3 is 4.74 Å². The molecule has 4 aromatic rings. The number of benzene rings is 4. The number of hydrogen-bond acceptors (Lipinski definition) is 1. The minimum atomic E-state index is 0.0891. The van der Waals surface area contributed by atoms with E-state index in [-0.39, 0.29) is 6.10 Å². The molecule has 1 aliphatic heterocycles. The van der Waals surface area contributed by atoms with Gasteiger partial charge >= 0.3 is 0 Å². The van der Waals surface area contributed by atoms with Crippen LogP contribution in [-0.2, 0) is 17.6 Å². The van der Waals surface area contributed by atoms with Crippen molar-refractivity contribution in [2.75, 3.05) is 0 Å². The van der Waals surface area contributed by atoms with Gasteiger partial charge in [-0.25, -0.2) is 0 Å². The van der Waals surface area contributed by atoms with E-state index >= 15 is 0 Å². The molecule has 31 heavy (non-hydrogen) atoms. The first kappa shape index (κ1) is 19.6. The van der Waals surface area contributed by atoms with Gasteiger partial charge in [-0.05, 0) is 88.6 Å². The first-order valence-corrected chi connectivity index (χ1v) is 11.3. The Kier molecular flexibility index (Phi) is 5.58. The highest BCUT2D eigenvalue weighted by Gasteiger charge is 2.13. The second kappa shape index (κ2) is 8.81. The van der Waals surface area contributed by atoms with Crippen molar-refractivity contribution >= 4 is 21.5 Å². The maximum atomic E-state index is 5.48. The van der Waals surface area contributed by atoms with Crippen LogP contribution < -0.4 is 0 Å². The summed E-state index contributed by atoms with van der Waals surface area (Å²) >= 11 is 0. The Morgan fingerprint density at radius 3 is 2.35 bits per heavy atom. The van der Waals surface area contributed by atoms with Crippen LogP contribution in [-0.4, -0.2) is 0 Å². The van der Waals surface area contributed by atoms with E-state index < -0.39 is 0 Å². The molecular formula is C30H28O. The van der Waals surface area contributed by atoms with E-state index in [1.165, 1.54) is 58.4 Å². The van der Waals surface area contributed by atoms with Gasteiger partial charge in [-0.2, -0.15) is 0 Å². The first-order chi connectivity index (χ1) is 15.3. The van der Waals surface area contributed by atoms with Crippen molar-refractivity contribution in [3.63, 3.8) is 0 Å². The maximum absolute atomic E-state index is 5.48. The summed E-state index contributed by atoms with van der Waals surface area (Å²) in [5.41, 5.74) is 5.62. The van der Waals surface area contributed by atoms with Gasteiger partial charge in [0.05, 0.1) is 6.26 Å². The fraction of sp³-hybridized carbons (Fsp3) is 0.200. The molecule has 1 heterocycles.